The van der Waals surface area contributed by atoms with E-state index in [0.717, 1.165) is 0 Å². The van der Waals surface area contributed by atoms with E-state index < -0.39 is 43.8 Å². The van der Waals surface area contributed by atoms with Crippen LogP contribution < -0.4 is 15.8 Å². The van der Waals surface area contributed by atoms with Gasteiger partial charge in [-0.05, 0) is 26.8 Å². The number of carbonyl (C=O) groups is 1. The van der Waals surface area contributed by atoms with Gasteiger partial charge in [-0.1, -0.05) is 0 Å². The first kappa shape index (κ1) is 16.2. The topological polar surface area (TPSA) is 101 Å². The van der Waals surface area contributed by atoms with E-state index in [1.807, 2.05) is 0 Å². The van der Waals surface area contributed by atoms with Gasteiger partial charge in [0.1, 0.15) is 16.5 Å². The minimum Gasteiger partial charge on any atom is -0.396 e. The van der Waals surface area contributed by atoms with Crippen LogP contribution in [0.3, 0.4) is 0 Å². The van der Waals surface area contributed by atoms with Crippen LogP contribution in [0.15, 0.2) is 17.0 Å². The van der Waals surface area contributed by atoms with Crippen molar-refractivity contribution in [3.63, 3.8) is 0 Å². The average molecular weight is 307 g/mol. The molecule has 112 valence electrons. The van der Waals surface area contributed by atoms with Crippen LogP contribution in [0.2, 0.25) is 0 Å². The van der Waals surface area contributed by atoms with Crippen LogP contribution in [-0.4, -0.2) is 20.0 Å². The molecule has 6 nitrogen and oxygen atoms in total. The lowest BCUT2D eigenvalue weighted by Gasteiger charge is -2.20. The van der Waals surface area contributed by atoms with Gasteiger partial charge in [0.2, 0.25) is 0 Å². The van der Waals surface area contributed by atoms with Crippen LogP contribution in [0, 0.1) is 11.6 Å². The number of hydrogen-bond acceptors (Lipinski definition) is 4. The average Bonchev–Trinajstić information content (AvgIpc) is 2.19. The van der Waals surface area contributed by atoms with E-state index in [9.17, 15) is 22.0 Å². The highest BCUT2D eigenvalue weighted by molar-refractivity contribution is 7.90. The maximum Gasteiger partial charge on any atom is 0.329 e. The van der Waals surface area contributed by atoms with E-state index in [1.54, 1.807) is 25.5 Å². The molecule has 0 heterocycles. The van der Waals surface area contributed by atoms with Crippen molar-refractivity contribution in [1.82, 2.24) is 10.0 Å². The molecule has 0 radical (unpaired) electrons. The molecular formula is C11H15F2N3O3S. The van der Waals surface area contributed by atoms with Crippen LogP contribution in [0.5, 0.6) is 0 Å². The Labute approximate surface area is 115 Å². The molecular weight excluding hydrogens is 292 g/mol. The summed E-state index contributed by atoms with van der Waals surface area (Å²) in [6, 6.07) is -0.0806. The molecule has 0 fully saturated rings. The number of anilines is 1. The van der Waals surface area contributed by atoms with E-state index in [-0.39, 0.29) is 0 Å². The lowest BCUT2D eigenvalue weighted by Crippen LogP contribution is -2.48. The van der Waals surface area contributed by atoms with Gasteiger partial charge < -0.3 is 11.1 Å². The normalized spacial score (nSPS) is 12.1. The van der Waals surface area contributed by atoms with Crippen molar-refractivity contribution in [1.29, 1.82) is 0 Å². The number of nitrogens with two attached hydrogens (primary N) is 1. The molecule has 0 unspecified atom stereocenters. The van der Waals surface area contributed by atoms with Gasteiger partial charge >= 0.3 is 6.03 Å². The molecule has 4 N–H and O–H groups in total. The number of rotatable bonds is 2. The molecule has 0 aliphatic carbocycles. The second kappa shape index (κ2) is 5.23. The molecule has 20 heavy (non-hydrogen) atoms. The molecule has 0 bridgehead atoms. The minimum absolute atomic E-state index is 0.339. The van der Waals surface area contributed by atoms with Crippen LogP contribution in [0.1, 0.15) is 20.8 Å². The Kier molecular flexibility index (Phi) is 4.23. The number of amides is 2. The molecule has 9 heteroatoms. The predicted molar refractivity (Wildman–Crippen MR) is 69.4 cm³/mol. The summed E-state index contributed by atoms with van der Waals surface area (Å²) in [5.74, 6) is -2.42. The Bertz CT molecular complexity index is 639. The number of halogens is 2. The Morgan fingerprint density at radius 1 is 1.20 bits per heavy atom. The third-order valence-corrected chi connectivity index (χ3v) is 3.40. The molecule has 0 aliphatic heterocycles. The molecule has 0 spiro atoms. The molecule has 1 aromatic carbocycles. The standard InChI is InChI=1S/C11H15F2N3O3S/c1-11(2,3)15-10(17)16-20(18,19)9-5-8(14)6(12)4-7(9)13/h4-5H,14H2,1-3H3,(H2,15,16,17). The van der Waals surface area contributed by atoms with Gasteiger partial charge in [-0.2, -0.15) is 0 Å². The van der Waals surface area contributed by atoms with E-state index in [1.165, 1.54) is 0 Å². The van der Waals surface area contributed by atoms with Gasteiger partial charge in [-0.15, -0.1) is 0 Å². The van der Waals surface area contributed by atoms with Crippen molar-refractivity contribution < 1.29 is 22.0 Å². The third-order valence-electron chi connectivity index (χ3n) is 2.06. The quantitative estimate of drug-likeness (QED) is 0.717. The van der Waals surface area contributed by atoms with Gasteiger partial charge in [0.05, 0.1) is 5.69 Å². The number of nitrogen functional groups attached to an aromatic ring is 1. The maximum absolute atomic E-state index is 13.5. The van der Waals surface area contributed by atoms with E-state index in [2.05, 4.69) is 5.32 Å². The van der Waals surface area contributed by atoms with Crippen LogP contribution >= 0.6 is 0 Å². The number of hydrogen-bond donors (Lipinski definition) is 3. The third kappa shape index (κ3) is 4.05. The number of nitrogens with one attached hydrogen (secondary N) is 2. The zero-order valence-electron chi connectivity index (χ0n) is 11.1. The summed E-state index contributed by atoms with van der Waals surface area (Å²) in [7, 11) is -4.49. The van der Waals surface area contributed by atoms with Crippen molar-refractivity contribution in [3.8, 4) is 0 Å². The smallest absolute Gasteiger partial charge is 0.329 e. The lowest BCUT2D eigenvalue weighted by molar-refractivity contribution is 0.237. The summed E-state index contributed by atoms with van der Waals surface area (Å²) < 4.78 is 51.7. The number of urea groups is 1. The summed E-state index contributed by atoms with van der Waals surface area (Å²) in [6.45, 7) is 4.90. The Morgan fingerprint density at radius 2 is 1.75 bits per heavy atom. The molecule has 0 atom stereocenters. The summed E-state index contributed by atoms with van der Waals surface area (Å²) >= 11 is 0. The fourth-order valence-corrected chi connectivity index (χ4v) is 2.30. The van der Waals surface area contributed by atoms with Crippen molar-refractivity contribution in [2.75, 3.05) is 5.73 Å². The Balaban J connectivity index is 3.07. The summed E-state index contributed by atoms with van der Waals surface area (Å²) in [6.07, 6.45) is 0. The second-order valence-electron chi connectivity index (χ2n) is 5.11. The molecule has 0 aliphatic rings. The van der Waals surface area contributed by atoms with E-state index in [0.29, 0.717) is 12.1 Å². The fourth-order valence-electron chi connectivity index (χ4n) is 1.29. The van der Waals surface area contributed by atoms with Crippen LogP contribution in [-0.2, 0) is 10.0 Å². The van der Waals surface area contributed by atoms with Gasteiger partial charge in [0.25, 0.3) is 10.0 Å². The summed E-state index contributed by atoms with van der Waals surface area (Å²) in [4.78, 5) is 10.6. The van der Waals surface area contributed by atoms with Crippen molar-refractivity contribution in [3.05, 3.63) is 23.8 Å². The van der Waals surface area contributed by atoms with Gasteiger partial charge in [0, 0.05) is 11.6 Å². The van der Waals surface area contributed by atoms with Crippen LogP contribution in [0.25, 0.3) is 0 Å². The highest BCUT2D eigenvalue weighted by Gasteiger charge is 2.25. The minimum atomic E-state index is -4.49. The van der Waals surface area contributed by atoms with Crippen molar-refractivity contribution in [2.45, 2.75) is 31.2 Å². The number of benzene rings is 1. The number of sulfonamides is 1. The highest BCUT2D eigenvalue weighted by Crippen LogP contribution is 2.20. The lowest BCUT2D eigenvalue weighted by atomic mass is 10.1. The largest absolute Gasteiger partial charge is 0.396 e. The molecule has 0 saturated heterocycles. The van der Waals surface area contributed by atoms with Crippen LogP contribution in [0.4, 0.5) is 19.3 Å². The fraction of sp³-hybridized carbons (Fsp3) is 0.364. The first-order valence-corrected chi connectivity index (χ1v) is 7.00. The summed E-state index contributed by atoms with van der Waals surface area (Å²) in [5, 5.41) is 2.33. The van der Waals surface area contributed by atoms with Crippen molar-refractivity contribution >= 4 is 21.7 Å². The van der Waals surface area contributed by atoms with Gasteiger partial charge in [-0.25, -0.2) is 26.7 Å². The predicted octanol–water partition coefficient (Wildman–Crippen LogP) is 1.33. The zero-order valence-corrected chi connectivity index (χ0v) is 11.9. The monoisotopic (exact) mass is 307 g/mol. The highest BCUT2D eigenvalue weighted by atomic mass is 32.2. The first-order valence-electron chi connectivity index (χ1n) is 5.52. The molecule has 0 aromatic heterocycles. The zero-order chi connectivity index (χ0) is 15.7. The molecule has 2 amide bonds. The second-order valence-corrected chi connectivity index (χ2v) is 6.76. The number of carbonyl (C=O) groups excluding carboxylic acids is 1. The SMILES string of the molecule is CC(C)(C)NC(=O)NS(=O)(=O)c1cc(N)c(F)cc1F. The molecule has 1 rings (SSSR count). The Hall–Kier alpha value is -1.90. The maximum atomic E-state index is 13.5. The first-order chi connectivity index (χ1) is 8.92. The van der Waals surface area contributed by atoms with E-state index in [4.69, 9.17) is 5.73 Å². The molecule has 1 aromatic rings. The Morgan fingerprint density at radius 3 is 2.25 bits per heavy atom. The van der Waals surface area contributed by atoms with Crippen molar-refractivity contribution in [2.24, 2.45) is 0 Å². The van der Waals surface area contributed by atoms with Gasteiger partial charge in [-0.3, -0.25) is 0 Å². The van der Waals surface area contributed by atoms with Gasteiger partial charge in [0.15, 0.2) is 0 Å². The molecule has 0 saturated carbocycles. The van der Waals surface area contributed by atoms with E-state index >= 15 is 0 Å². The summed E-state index contributed by atoms with van der Waals surface area (Å²) in [5.41, 5.74) is 3.96.